The minimum Gasteiger partial charge on any atom is -0.0654 e. The monoisotopic (exact) mass is 118 g/mol. The summed E-state index contributed by atoms with van der Waals surface area (Å²) in [7, 11) is 0. The summed E-state index contributed by atoms with van der Waals surface area (Å²) in [5.74, 6) is 0. The fraction of sp³-hybridized carbons (Fsp3) is 1.00. The van der Waals surface area contributed by atoms with Crippen molar-refractivity contribution >= 4 is 0 Å². The van der Waals surface area contributed by atoms with Crippen LogP contribution in [0.3, 0.4) is 0 Å². The Bertz CT molecular complexity index is 79.3. The van der Waals surface area contributed by atoms with E-state index in [1.54, 1.807) is 0 Å². The number of rotatable bonds is 2. The van der Waals surface area contributed by atoms with Crippen LogP contribution in [0.5, 0.6) is 0 Å². The Morgan fingerprint density at radius 3 is 2.75 bits per heavy atom. The van der Waals surface area contributed by atoms with E-state index in [1.807, 2.05) is 0 Å². The smallest absolute Gasteiger partial charge is 0.0236 e. The molecule has 0 rings (SSSR count). The summed E-state index contributed by atoms with van der Waals surface area (Å²) >= 11 is 0. The van der Waals surface area contributed by atoms with Gasteiger partial charge < -0.3 is 0 Å². The van der Waals surface area contributed by atoms with E-state index in [1.165, 1.54) is 0 Å². The van der Waals surface area contributed by atoms with E-state index in [-0.39, 0.29) is 5.41 Å². The van der Waals surface area contributed by atoms with Crippen LogP contribution in [0.15, 0.2) is 0 Å². The maximum atomic E-state index is 7.19. The van der Waals surface area contributed by atoms with Crippen molar-refractivity contribution in [3.05, 3.63) is 0 Å². The molecule has 0 aliphatic carbocycles. The van der Waals surface area contributed by atoms with Crippen molar-refractivity contribution in [1.82, 2.24) is 0 Å². The van der Waals surface area contributed by atoms with Crippen molar-refractivity contribution in [1.29, 1.82) is 0 Å². The molecule has 0 aliphatic rings. The Balaban J connectivity index is 3.28. The average molecular weight is 118 g/mol. The molecule has 0 bridgehead atoms. The first kappa shape index (κ1) is 4.84. The molecule has 0 radical (unpaired) electrons. The first-order valence-electron chi connectivity index (χ1n) is 4.62. The molecule has 8 heavy (non-hydrogen) atoms. The highest BCUT2D eigenvalue weighted by Gasteiger charge is 2.07. The number of hydrogen-bond donors (Lipinski definition) is 0. The van der Waals surface area contributed by atoms with Crippen molar-refractivity contribution in [3.63, 3.8) is 0 Å². The summed E-state index contributed by atoms with van der Waals surface area (Å²) in [6.45, 7) is 5.27. The van der Waals surface area contributed by atoms with Gasteiger partial charge in [-0.25, -0.2) is 0 Å². The van der Waals surface area contributed by atoms with E-state index in [9.17, 15) is 0 Å². The third-order valence-electron chi connectivity index (χ3n) is 1.10. The Labute approximate surface area is 56.1 Å². The molecule has 0 unspecified atom stereocenters. The van der Waals surface area contributed by atoms with Gasteiger partial charge in [0.15, 0.2) is 0 Å². The van der Waals surface area contributed by atoms with E-state index >= 15 is 0 Å². The molecule has 0 heterocycles. The zero-order chi connectivity index (χ0) is 8.04. The van der Waals surface area contributed by atoms with Crippen LogP contribution in [-0.2, 0) is 0 Å². The molecule has 0 heteroatoms. The Morgan fingerprint density at radius 2 is 2.25 bits per heavy atom. The Hall–Kier alpha value is 0. The topological polar surface area (TPSA) is 0 Å². The molecule has 0 nitrogen and oxygen atoms in total. The van der Waals surface area contributed by atoms with Crippen LogP contribution >= 0.6 is 0 Å². The zero-order valence-electron chi connectivity index (χ0n) is 8.04. The Kier molecular flexibility index (Phi) is 1.88. The lowest BCUT2D eigenvalue weighted by atomic mass is 9.90. The van der Waals surface area contributed by atoms with Gasteiger partial charge in [-0.05, 0) is 11.8 Å². The first-order chi connectivity index (χ1) is 4.62. The minimum absolute atomic E-state index is 0.176. The van der Waals surface area contributed by atoms with Gasteiger partial charge in [0.2, 0.25) is 0 Å². The van der Waals surface area contributed by atoms with E-state index in [0.717, 1.165) is 19.3 Å². The summed E-state index contributed by atoms with van der Waals surface area (Å²) in [6.07, 6.45) is 3.19. The van der Waals surface area contributed by atoms with Crippen LogP contribution in [0.1, 0.15) is 49.7 Å². The average Bonchev–Trinajstić information content (AvgIpc) is 1.89. The largest absolute Gasteiger partial charge is 0.0654 e. The van der Waals surface area contributed by atoms with Crippen LogP contribution in [0.2, 0.25) is 0 Å². The first-order valence-corrected chi connectivity index (χ1v) is 3.21. The van der Waals surface area contributed by atoms with Gasteiger partial charge >= 0.3 is 0 Å². The third kappa shape index (κ3) is 6.00. The highest BCUT2D eigenvalue weighted by atomic mass is 14.1. The highest BCUT2D eigenvalue weighted by Crippen LogP contribution is 2.20. The maximum Gasteiger partial charge on any atom is 0.0236 e. The highest BCUT2D eigenvalue weighted by molar-refractivity contribution is 4.59. The predicted octanol–water partition coefficient (Wildman–Crippen LogP) is 3.22. The van der Waals surface area contributed by atoms with Crippen LogP contribution in [0.4, 0.5) is 0 Å². The number of hydrogen-bond acceptors (Lipinski definition) is 0. The van der Waals surface area contributed by atoms with Crippen LogP contribution in [-0.4, -0.2) is 0 Å². The molecule has 0 atom stereocenters. The third-order valence-corrected chi connectivity index (χ3v) is 1.10. The zero-order valence-corrected chi connectivity index (χ0v) is 6.04. The van der Waals surface area contributed by atoms with E-state index in [2.05, 4.69) is 13.8 Å². The van der Waals surface area contributed by atoms with Crippen LogP contribution in [0, 0.1) is 5.41 Å². The van der Waals surface area contributed by atoms with Crippen molar-refractivity contribution in [3.8, 4) is 0 Å². The predicted molar refractivity (Wildman–Crippen MR) is 39.0 cm³/mol. The lowest BCUT2D eigenvalue weighted by Crippen LogP contribution is -2.03. The molecule has 0 aliphatic heterocycles. The standard InChI is InChI=1S/C8H18/c1-5-6-7-8(2,3)4/h5-7H2,1-4H3/i1T,2T. The van der Waals surface area contributed by atoms with E-state index < -0.39 is 0 Å². The van der Waals surface area contributed by atoms with Gasteiger partial charge in [0.25, 0.3) is 0 Å². The molecular weight excluding hydrogens is 96.1 g/mol. The Morgan fingerprint density at radius 1 is 1.50 bits per heavy atom. The molecule has 0 N–H and O–H groups in total. The molecule has 50 valence electrons. The van der Waals surface area contributed by atoms with E-state index in [4.69, 9.17) is 2.74 Å². The minimum atomic E-state index is 0.176. The van der Waals surface area contributed by atoms with E-state index in [0.29, 0.717) is 13.8 Å². The summed E-state index contributed by atoms with van der Waals surface area (Å²) in [5, 5.41) is 0. The molecule has 0 fully saturated rings. The molecule has 0 aromatic heterocycles. The van der Waals surface area contributed by atoms with Crippen molar-refractivity contribution in [2.24, 2.45) is 5.41 Å². The molecule has 0 saturated carbocycles. The number of unbranched alkanes of at least 4 members (excludes halogenated alkanes) is 1. The quantitative estimate of drug-likeness (QED) is 0.488. The fourth-order valence-electron chi connectivity index (χ4n) is 0.604. The fourth-order valence-corrected chi connectivity index (χ4v) is 0.604. The lowest BCUT2D eigenvalue weighted by Gasteiger charge is -2.16. The summed E-state index contributed by atoms with van der Waals surface area (Å²) in [5.41, 5.74) is 0.176. The van der Waals surface area contributed by atoms with Gasteiger partial charge in [0.1, 0.15) is 0 Å². The summed E-state index contributed by atoms with van der Waals surface area (Å²) in [6, 6.07) is 0. The summed E-state index contributed by atoms with van der Waals surface area (Å²) in [4.78, 5) is 0. The molecule has 0 aromatic rings. The van der Waals surface area contributed by atoms with Crippen LogP contribution in [0.25, 0.3) is 0 Å². The SMILES string of the molecule is [3H]CCCCC(C)(C)C[3H]. The van der Waals surface area contributed by atoms with Crippen molar-refractivity contribution < 1.29 is 2.74 Å². The van der Waals surface area contributed by atoms with Gasteiger partial charge in [0, 0.05) is 2.74 Å². The van der Waals surface area contributed by atoms with Gasteiger partial charge in [-0.1, -0.05) is 40.5 Å². The van der Waals surface area contributed by atoms with Crippen LogP contribution < -0.4 is 0 Å². The van der Waals surface area contributed by atoms with Gasteiger partial charge in [-0.2, -0.15) is 0 Å². The molecular formula is C8H18. The maximum absolute atomic E-state index is 7.19. The van der Waals surface area contributed by atoms with Crippen molar-refractivity contribution in [2.45, 2.75) is 46.9 Å². The second-order valence-corrected chi connectivity index (χ2v) is 3.12. The molecule has 0 aromatic carbocycles. The second kappa shape index (κ2) is 3.11. The van der Waals surface area contributed by atoms with Gasteiger partial charge in [-0.3, -0.25) is 0 Å². The van der Waals surface area contributed by atoms with Gasteiger partial charge in [0.05, 0.1) is 0 Å². The van der Waals surface area contributed by atoms with Crippen molar-refractivity contribution in [2.75, 3.05) is 0 Å². The lowest BCUT2D eigenvalue weighted by molar-refractivity contribution is 0.363. The van der Waals surface area contributed by atoms with Gasteiger partial charge in [-0.15, -0.1) is 0 Å². The molecule has 0 spiro atoms. The summed E-state index contributed by atoms with van der Waals surface area (Å²) < 4.78 is 14.1. The normalized spacial score (nSPS) is 15.2. The second-order valence-electron chi connectivity index (χ2n) is 3.12. The molecule has 0 saturated heterocycles. The molecule has 0 amide bonds.